The maximum Gasteiger partial charge on any atom is 0.150 e. The zero-order chi connectivity index (χ0) is 15.7. The third-order valence-electron chi connectivity index (χ3n) is 5.28. The Bertz CT molecular complexity index is 703. The molecule has 2 aromatic carbocycles. The molecule has 0 aromatic heterocycles. The number of carbonyl (C=O) groups excluding carboxylic acids is 1. The van der Waals surface area contributed by atoms with Gasteiger partial charge in [-0.15, -0.1) is 0 Å². The first-order valence-corrected chi connectivity index (χ1v) is 8.28. The second kappa shape index (κ2) is 5.82. The van der Waals surface area contributed by atoms with Crippen LogP contribution in [0.5, 0.6) is 5.75 Å². The van der Waals surface area contributed by atoms with Crippen molar-refractivity contribution in [3.8, 4) is 5.75 Å². The van der Waals surface area contributed by atoms with E-state index in [1.54, 1.807) is 0 Å². The molecule has 0 atom stereocenters. The number of fused-ring (bicyclic) bond motifs is 2. The third kappa shape index (κ3) is 2.66. The molecule has 0 saturated carbocycles. The number of carbonyl (C=O) groups is 1. The van der Waals surface area contributed by atoms with Gasteiger partial charge < -0.3 is 4.74 Å². The minimum absolute atomic E-state index is 0.143. The molecule has 0 radical (unpaired) electrons. The number of hydrogen-bond donors (Lipinski definition) is 0. The fourth-order valence-electron chi connectivity index (χ4n) is 3.86. The van der Waals surface area contributed by atoms with Crippen molar-refractivity contribution in [1.29, 1.82) is 0 Å². The van der Waals surface area contributed by atoms with Crippen LogP contribution in [0.15, 0.2) is 48.5 Å². The topological polar surface area (TPSA) is 29.5 Å². The molecule has 23 heavy (non-hydrogen) atoms. The normalized spacial score (nSPS) is 19.3. The highest BCUT2D eigenvalue weighted by atomic mass is 16.5. The Hall–Kier alpha value is -2.13. The van der Waals surface area contributed by atoms with E-state index in [1.165, 1.54) is 11.1 Å². The van der Waals surface area contributed by atoms with Gasteiger partial charge in [0.15, 0.2) is 0 Å². The number of aldehydes is 1. The molecule has 2 heterocycles. The molecule has 0 unspecified atom stereocenters. The van der Waals surface area contributed by atoms with Gasteiger partial charge in [0.05, 0.1) is 6.61 Å². The average molecular weight is 307 g/mol. The molecule has 0 amide bonds. The minimum Gasteiger partial charge on any atom is -0.492 e. The number of hydrogen-bond acceptors (Lipinski definition) is 3. The van der Waals surface area contributed by atoms with Crippen LogP contribution < -0.4 is 4.74 Å². The Kier molecular flexibility index (Phi) is 3.66. The number of piperidine rings is 1. The number of benzene rings is 2. The van der Waals surface area contributed by atoms with Crippen LogP contribution in [0.3, 0.4) is 0 Å². The van der Waals surface area contributed by atoms with Gasteiger partial charge in [0, 0.05) is 23.1 Å². The van der Waals surface area contributed by atoms with E-state index in [9.17, 15) is 4.79 Å². The number of likely N-dealkylation sites (tertiary alicyclic amines) is 1. The zero-order valence-corrected chi connectivity index (χ0v) is 13.2. The molecular formula is C20H21NO2. The molecule has 0 N–H and O–H groups in total. The molecule has 4 rings (SSSR count). The van der Waals surface area contributed by atoms with E-state index in [2.05, 4.69) is 41.3 Å². The Balaban J connectivity index is 1.47. The number of rotatable bonds is 3. The van der Waals surface area contributed by atoms with E-state index < -0.39 is 0 Å². The molecule has 0 aliphatic carbocycles. The SMILES string of the molecule is O=Cc1ccc2c(c1)OCC21CCN(Cc2ccccc2)CC1. The lowest BCUT2D eigenvalue weighted by Gasteiger charge is -2.38. The molecule has 2 aliphatic heterocycles. The summed E-state index contributed by atoms with van der Waals surface area (Å²) in [6.07, 6.45) is 3.12. The summed E-state index contributed by atoms with van der Waals surface area (Å²) in [7, 11) is 0. The predicted octanol–water partition coefficient (Wildman–Crippen LogP) is 3.43. The fourth-order valence-corrected chi connectivity index (χ4v) is 3.86. The van der Waals surface area contributed by atoms with E-state index in [4.69, 9.17) is 4.74 Å². The van der Waals surface area contributed by atoms with Crippen molar-refractivity contribution < 1.29 is 9.53 Å². The van der Waals surface area contributed by atoms with Gasteiger partial charge in [-0.2, -0.15) is 0 Å². The highest BCUT2D eigenvalue weighted by Crippen LogP contribution is 2.45. The molecule has 1 saturated heterocycles. The van der Waals surface area contributed by atoms with Crippen molar-refractivity contribution in [1.82, 2.24) is 4.90 Å². The van der Waals surface area contributed by atoms with E-state index in [0.717, 1.165) is 51.1 Å². The predicted molar refractivity (Wildman–Crippen MR) is 90.0 cm³/mol. The molecule has 1 spiro atoms. The Morgan fingerprint density at radius 2 is 1.87 bits per heavy atom. The van der Waals surface area contributed by atoms with Gasteiger partial charge in [0.2, 0.25) is 0 Å². The van der Waals surface area contributed by atoms with E-state index >= 15 is 0 Å². The van der Waals surface area contributed by atoms with Crippen molar-refractivity contribution >= 4 is 6.29 Å². The quantitative estimate of drug-likeness (QED) is 0.814. The first-order valence-electron chi connectivity index (χ1n) is 8.28. The zero-order valence-electron chi connectivity index (χ0n) is 13.2. The summed E-state index contributed by atoms with van der Waals surface area (Å²) in [6.45, 7) is 3.96. The van der Waals surface area contributed by atoms with Gasteiger partial charge in [-0.1, -0.05) is 42.5 Å². The van der Waals surface area contributed by atoms with Gasteiger partial charge >= 0.3 is 0 Å². The highest BCUT2D eigenvalue weighted by molar-refractivity contribution is 5.76. The van der Waals surface area contributed by atoms with Crippen molar-refractivity contribution in [3.63, 3.8) is 0 Å². The van der Waals surface area contributed by atoms with Crippen LogP contribution in [0.25, 0.3) is 0 Å². The number of nitrogens with zero attached hydrogens (tertiary/aromatic N) is 1. The molecule has 2 aromatic rings. The Morgan fingerprint density at radius 3 is 2.61 bits per heavy atom. The van der Waals surface area contributed by atoms with E-state index in [1.807, 2.05) is 12.1 Å². The number of ether oxygens (including phenoxy) is 1. The van der Waals surface area contributed by atoms with Crippen LogP contribution in [0.1, 0.15) is 34.3 Å². The van der Waals surface area contributed by atoms with Gasteiger partial charge in [0.25, 0.3) is 0 Å². The Morgan fingerprint density at radius 1 is 1.09 bits per heavy atom. The van der Waals surface area contributed by atoms with Crippen LogP contribution in [-0.4, -0.2) is 30.9 Å². The van der Waals surface area contributed by atoms with Crippen molar-refractivity contribution in [2.45, 2.75) is 24.8 Å². The summed E-state index contributed by atoms with van der Waals surface area (Å²) in [5, 5.41) is 0. The van der Waals surface area contributed by atoms with Crippen molar-refractivity contribution in [2.75, 3.05) is 19.7 Å². The molecule has 2 aliphatic rings. The Labute approximate surface area is 136 Å². The summed E-state index contributed by atoms with van der Waals surface area (Å²) < 4.78 is 5.91. The fraction of sp³-hybridized carbons (Fsp3) is 0.350. The molecule has 3 nitrogen and oxygen atoms in total. The maximum absolute atomic E-state index is 10.9. The second-order valence-corrected chi connectivity index (χ2v) is 6.70. The second-order valence-electron chi connectivity index (χ2n) is 6.70. The van der Waals surface area contributed by atoms with Crippen LogP contribution in [0, 0.1) is 0 Å². The largest absolute Gasteiger partial charge is 0.492 e. The van der Waals surface area contributed by atoms with Gasteiger partial charge in [0.1, 0.15) is 12.0 Å². The monoisotopic (exact) mass is 307 g/mol. The molecular weight excluding hydrogens is 286 g/mol. The average Bonchev–Trinajstić information content (AvgIpc) is 2.96. The van der Waals surface area contributed by atoms with Crippen LogP contribution in [0.2, 0.25) is 0 Å². The van der Waals surface area contributed by atoms with Crippen LogP contribution >= 0.6 is 0 Å². The summed E-state index contributed by atoms with van der Waals surface area (Å²) in [5.41, 5.74) is 3.51. The summed E-state index contributed by atoms with van der Waals surface area (Å²) in [4.78, 5) is 13.5. The lowest BCUT2D eigenvalue weighted by molar-refractivity contribution is 0.112. The highest BCUT2D eigenvalue weighted by Gasteiger charge is 2.42. The minimum atomic E-state index is 0.143. The molecule has 0 bridgehead atoms. The summed E-state index contributed by atoms with van der Waals surface area (Å²) >= 11 is 0. The third-order valence-corrected chi connectivity index (χ3v) is 5.28. The van der Waals surface area contributed by atoms with E-state index in [0.29, 0.717) is 5.56 Å². The molecule has 118 valence electrons. The lowest BCUT2D eigenvalue weighted by atomic mass is 9.74. The first-order chi connectivity index (χ1) is 11.3. The van der Waals surface area contributed by atoms with Gasteiger partial charge in [-0.3, -0.25) is 9.69 Å². The van der Waals surface area contributed by atoms with Crippen molar-refractivity contribution in [3.05, 3.63) is 65.2 Å². The lowest BCUT2D eigenvalue weighted by Crippen LogP contribution is -2.43. The van der Waals surface area contributed by atoms with Gasteiger partial charge in [-0.25, -0.2) is 0 Å². The standard InChI is InChI=1S/C20H21NO2/c22-14-17-6-7-18-19(12-17)23-15-20(18)8-10-21(11-9-20)13-16-4-2-1-3-5-16/h1-7,12,14H,8-11,13,15H2. The van der Waals surface area contributed by atoms with Gasteiger partial charge in [-0.05, 0) is 37.6 Å². The van der Waals surface area contributed by atoms with Crippen LogP contribution in [0.4, 0.5) is 0 Å². The maximum atomic E-state index is 10.9. The molecule has 1 fully saturated rings. The first kappa shape index (κ1) is 14.5. The summed E-state index contributed by atoms with van der Waals surface area (Å²) in [5.74, 6) is 0.908. The van der Waals surface area contributed by atoms with Crippen LogP contribution in [-0.2, 0) is 12.0 Å². The molecule has 3 heteroatoms. The smallest absolute Gasteiger partial charge is 0.150 e. The summed E-state index contributed by atoms with van der Waals surface area (Å²) in [6, 6.07) is 16.6. The van der Waals surface area contributed by atoms with E-state index in [-0.39, 0.29) is 5.41 Å². The van der Waals surface area contributed by atoms with Crippen molar-refractivity contribution in [2.24, 2.45) is 0 Å².